The first-order chi connectivity index (χ1) is 7.41. The second kappa shape index (κ2) is 4.82. The normalized spacial score (nSPS) is 10.9. The van der Waals surface area contributed by atoms with Crippen molar-refractivity contribution in [3.63, 3.8) is 0 Å². The molecule has 0 atom stereocenters. The van der Waals surface area contributed by atoms with Gasteiger partial charge in [0.1, 0.15) is 5.75 Å². The van der Waals surface area contributed by atoms with E-state index in [-0.39, 0.29) is 0 Å². The van der Waals surface area contributed by atoms with Crippen LogP contribution >= 0.6 is 0 Å². The van der Waals surface area contributed by atoms with Gasteiger partial charge in [0.25, 0.3) is 6.43 Å². The Morgan fingerprint density at radius 1 is 1.25 bits per heavy atom. The number of carboxylic acid groups (broad SMARTS) is 1. The summed E-state index contributed by atoms with van der Waals surface area (Å²) in [6.45, 7) is -3.15. The molecule has 0 spiro atoms. The second-order valence-corrected chi connectivity index (χ2v) is 2.73. The number of halogens is 4. The van der Waals surface area contributed by atoms with E-state index < -0.39 is 35.9 Å². The Hall–Kier alpha value is -1.79. The maximum atomic E-state index is 12.4. The maximum absolute atomic E-state index is 12.4. The topological polar surface area (TPSA) is 46.5 Å². The molecule has 0 amide bonds. The molecule has 1 N–H and O–H groups in total. The molecule has 3 nitrogen and oxygen atoms in total. The summed E-state index contributed by atoms with van der Waals surface area (Å²) in [6.07, 6.45) is -3.08. The Balaban J connectivity index is 3.12. The van der Waals surface area contributed by atoms with Crippen LogP contribution < -0.4 is 4.74 Å². The zero-order chi connectivity index (χ0) is 12.3. The maximum Gasteiger partial charge on any atom is 0.387 e. The Morgan fingerprint density at radius 3 is 2.31 bits per heavy atom. The van der Waals surface area contributed by atoms with E-state index in [1.807, 2.05) is 0 Å². The molecule has 1 rings (SSSR count). The summed E-state index contributed by atoms with van der Waals surface area (Å²) in [5.41, 5.74) is -1.50. The molecule has 1 aromatic rings. The molecule has 0 aromatic heterocycles. The highest BCUT2D eigenvalue weighted by atomic mass is 19.3. The van der Waals surface area contributed by atoms with E-state index in [0.29, 0.717) is 6.07 Å². The van der Waals surface area contributed by atoms with Crippen molar-refractivity contribution in [2.75, 3.05) is 0 Å². The van der Waals surface area contributed by atoms with E-state index in [4.69, 9.17) is 5.11 Å². The third-order valence-corrected chi connectivity index (χ3v) is 1.71. The molecule has 0 saturated carbocycles. The molecular formula is C9H6F4O3. The van der Waals surface area contributed by atoms with Gasteiger partial charge < -0.3 is 9.84 Å². The van der Waals surface area contributed by atoms with Gasteiger partial charge in [-0.15, -0.1) is 0 Å². The van der Waals surface area contributed by atoms with Crippen molar-refractivity contribution in [2.24, 2.45) is 0 Å². The van der Waals surface area contributed by atoms with E-state index in [9.17, 15) is 22.4 Å². The second-order valence-electron chi connectivity index (χ2n) is 2.73. The summed E-state index contributed by atoms with van der Waals surface area (Å²) < 4.78 is 52.3. The number of alkyl halides is 4. The van der Waals surface area contributed by atoms with E-state index in [0.717, 1.165) is 12.1 Å². The number of hydrogen-bond donors (Lipinski definition) is 1. The molecule has 7 heteroatoms. The number of carbonyl (C=O) groups is 1. The van der Waals surface area contributed by atoms with Crippen LogP contribution in [0.2, 0.25) is 0 Å². The van der Waals surface area contributed by atoms with Crippen LogP contribution in [-0.2, 0) is 0 Å². The van der Waals surface area contributed by atoms with Gasteiger partial charge in [0, 0.05) is 5.56 Å². The highest BCUT2D eigenvalue weighted by molar-refractivity contribution is 5.89. The number of ether oxygens (including phenoxy) is 1. The first-order valence-corrected chi connectivity index (χ1v) is 4.02. The number of rotatable bonds is 4. The predicted molar refractivity (Wildman–Crippen MR) is 45.0 cm³/mol. The average Bonchev–Trinajstić information content (AvgIpc) is 2.16. The fourth-order valence-corrected chi connectivity index (χ4v) is 1.09. The van der Waals surface area contributed by atoms with Gasteiger partial charge in [0.15, 0.2) is 0 Å². The minimum atomic E-state index is -3.15. The van der Waals surface area contributed by atoms with Crippen LogP contribution in [0.4, 0.5) is 17.6 Å². The third-order valence-electron chi connectivity index (χ3n) is 1.71. The van der Waals surface area contributed by atoms with Crippen LogP contribution in [0.1, 0.15) is 22.3 Å². The van der Waals surface area contributed by atoms with Gasteiger partial charge in [0.2, 0.25) is 0 Å². The van der Waals surface area contributed by atoms with Crippen LogP contribution in [0.5, 0.6) is 5.75 Å². The van der Waals surface area contributed by atoms with E-state index in [2.05, 4.69) is 4.74 Å². The molecule has 0 bridgehead atoms. The van der Waals surface area contributed by atoms with E-state index in [1.54, 1.807) is 0 Å². The van der Waals surface area contributed by atoms with Crippen molar-refractivity contribution < 1.29 is 32.2 Å². The average molecular weight is 238 g/mol. The molecule has 0 fully saturated rings. The van der Waals surface area contributed by atoms with Gasteiger partial charge in [0.05, 0.1) is 5.56 Å². The summed E-state index contributed by atoms with van der Waals surface area (Å²) in [7, 11) is 0. The van der Waals surface area contributed by atoms with Gasteiger partial charge >= 0.3 is 12.6 Å². The summed E-state index contributed by atoms with van der Waals surface area (Å²) in [6, 6.07) is 2.27. The molecule has 0 saturated heterocycles. The Kier molecular flexibility index (Phi) is 3.70. The zero-order valence-corrected chi connectivity index (χ0v) is 7.66. The van der Waals surface area contributed by atoms with Crippen LogP contribution in [0.3, 0.4) is 0 Å². The SMILES string of the molecule is O=C(O)c1ccc(OC(F)F)cc1C(F)F. The lowest BCUT2D eigenvalue weighted by molar-refractivity contribution is -0.0500. The van der Waals surface area contributed by atoms with Crippen LogP contribution in [0.25, 0.3) is 0 Å². The molecule has 0 aliphatic rings. The predicted octanol–water partition coefficient (Wildman–Crippen LogP) is 2.92. The van der Waals surface area contributed by atoms with Gasteiger partial charge in [-0.25, -0.2) is 13.6 Å². The molecule has 16 heavy (non-hydrogen) atoms. The smallest absolute Gasteiger partial charge is 0.387 e. The first kappa shape index (κ1) is 12.3. The lowest BCUT2D eigenvalue weighted by Crippen LogP contribution is -2.06. The number of carboxylic acids is 1. The highest BCUT2D eigenvalue weighted by Gasteiger charge is 2.19. The molecule has 0 aliphatic carbocycles. The molecule has 0 radical (unpaired) electrons. The van der Waals surface area contributed by atoms with E-state index >= 15 is 0 Å². The first-order valence-electron chi connectivity index (χ1n) is 4.02. The quantitative estimate of drug-likeness (QED) is 0.820. The molecule has 0 heterocycles. The summed E-state index contributed by atoms with van der Waals surface area (Å²) >= 11 is 0. The minimum absolute atomic E-state index is 0.504. The van der Waals surface area contributed by atoms with Gasteiger partial charge in [-0.1, -0.05) is 0 Å². The Morgan fingerprint density at radius 2 is 1.88 bits per heavy atom. The van der Waals surface area contributed by atoms with Crippen molar-refractivity contribution in [1.82, 2.24) is 0 Å². The van der Waals surface area contributed by atoms with Crippen molar-refractivity contribution in [2.45, 2.75) is 13.0 Å². The van der Waals surface area contributed by atoms with Crippen LogP contribution in [-0.4, -0.2) is 17.7 Å². The molecule has 1 aromatic carbocycles. The van der Waals surface area contributed by atoms with E-state index in [1.165, 1.54) is 0 Å². The standard InChI is InChI=1S/C9H6F4O3/c10-7(11)6-3-4(16-9(12)13)1-2-5(6)8(14)15/h1-3,7,9H,(H,14,15). The lowest BCUT2D eigenvalue weighted by Gasteiger charge is -2.09. The Bertz CT molecular complexity index is 392. The highest BCUT2D eigenvalue weighted by Crippen LogP contribution is 2.27. The third kappa shape index (κ3) is 2.85. The summed E-state index contributed by atoms with van der Waals surface area (Å²) in [5, 5.41) is 8.57. The summed E-state index contributed by atoms with van der Waals surface area (Å²) in [5.74, 6) is -2.06. The fourth-order valence-electron chi connectivity index (χ4n) is 1.09. The van der Waals surface area contributed by atoms with Crippen molar-refractivity contribution in [1.29, 1.82) is 0 Å². The van der Waals surface area contributed by atoms with Crippen molar-refractivity contribution in [3.8, 4) is 5.75 Å². The molecule has 0 unspecified atom stereocenters. The van der Waals surface area contributed by atoms with Gasteiger partial charge in [-0.2, -0.15) is 8.78 Å². The van der Waals surface area contributed by atoms with Gasteiger partial charge in [-0.05, 0) is 18.2 Å². The van der Waals surface area contributed by atoms with Crippen LogP contribution in [0, 0.1) is 0 Å². The lowest BCUT2D eigenvalue weighted by atomic mass is 10.1. The monoisotopic (exact) mass is 238 g/mol. The Labute approximate surface area is 87.3 Å². The van der Waals surface area contributed by atoms with Crippen molar-refractivity contribution >= 4 is 5.97 Å². The number of benzene rings is 1. The van der Waals surface area contributed by atoms with Gasteiger partial charge in [-0.3, -0.25) is 0 Å². The molecular weight excluding hydrogens is 232 g/mol. The number of hydrogen-bond acceptors (Lipinski definition) is 2. The largest absolute Gasteiger partial charge is 0.478 e. The van der Waals surface area contributed by atoms with Crippen molar-refractivity contribution in [3.05, 3.63) is 29.3 Å². The summed E-state index contributed by atoms with van der Waals surface area (Å²) in [4.78, 5) is 10.5. The fraction of sp³-hybridized carbons (Fsp3) is 0.222. The van der Waals surface area contributed by atoms with Crippen LogP contribution in [0.15, 0.2) is 18.2 Å². The molecule has 0 aliphatic heterocycles. The zero-order valence-electron chi connectivity index (χ0n) is 7.66. The minimum Gasteiger partial charge on any atom is -0.478 e. The molecule has 88 valence electrons. The number of aromatic carboxylic acids is 1.